The van der Waals surface area contributed by atoms with E-state index in [1.807, 2.05) is 37.3 Å². The van der Waals surface area contributed by atoms with E-state index < -0.39 is 16.1 Å². The number of anilines is 1. The van der Waals surface area contributed by atoms with Crippen LogP contribution in [0.4, 0.5) is 5.69 Å². The molecule has 0 aliphatic heterocycles. The van der Waals surface area contributed by atoms with Crippen LogP contribution in [-0.4, -0.2) is 33.2 Å². The van der Waals surface area contributed by atoms with Gasteiger partial charge >= 0.3 is 0 Å². The van der Waals surface area contributed by atoms with E-state index in [2.05, 4.69) is 5.32 Å². The number of nitrogens with one attached hydrogen (secondary N) is 1. The molecule has 0 aliphatic carbocycles. The van der Waals surface area contributed by atoms with Crippen LogP contribution in [0, 0.1) is 0 Å². The van der Waals surface area contributed by atoms with E-state index in [-0.39, 0.29) is 5.91 Å². The summed E-state index contributed by atoms with van der Waals surface area (Å²) >= 11 is 0. The molecule has 0 aromatic heterocycles. The summed E-state index contributed by atoms with van der Waals surface area (Å²) in [5.74, 6) is 0.277. The minimum Gasteiger partial charge on any atom is -0.494 e. The second-order valence-corrected chi connectivity index (χ2v) is 7.72. The molecule has 26 heavy (non-hydrogen) atoms. The highest BCUT2D eigenvalue weighted by molar-refractivity contribution is 7.92. The topological polar surface area (TPSA) is 75.7 Å². The monoisotopic (exact) mass is 376 g/mol. The van der Waals surface area contributed by atoms with E-state index in [4.69, 9.17) is 4.74 Å². The van der Waals surface area contributed by atoms with Crippen molar-refractivity contribution in [3.8, 4) is 5.75 Å². The number of ether oxygens (including phenoxy) is 1. The molecular formula is C19H24N2O4S. The zero-order valence-corrected chi connectivity index (χ0v) is 16.0. The third kappa shape index (κ3) is 5.23. The Morgan fingerprint density at radius 1 is 1.12 bits per heavy atom. The number of amides is 1. The maximum Gasteiger partial charge on any atom is 0.243 e. The van der Waals surface area contributed by atoms with Crippen LogP contribution in [0.5, 0.6) is 5.75 Å². The maximum absolute atomic E-state index is 12.5. The molecule has 1 N–H and O–H groups in total. The zero-order chi connectivity index (χ0) is 19.2. The summed E-state index contributed by atoms with van der Waals surface area (Å²) in [5.41, 5.74) is 1.36. The Balaban J connectivity index is 2.16. The standard InChI is InChI=1S/C19H24N2O4S/c1-4-25-18-12-10-17(11-13-18)21(26(3,23)24)15(2)19(22)20-14-16-8-6-5-7-9-16/h5-13,15H,4,14H2,1-3H3,(H,20,22). The van der Waals surface area contributed by atoms with Gasteiger partial charge in [0, 0.05) is 6.54 Å². The van der Waals surface area contributed by atoms with Crippen molar-refractivity contribution < 1.29 is 17.9 Å². The molecule has 0 aliphatic rings. The molecule has 1 amide bonds. The van der Waals surface area contributed by atoms with Crippen molar-refractivity contribution in [1.29, 1.82) is 0 Å². The average molecular weight is 376 g/mol. The first-order chi connectivity index (χ1) is 12.3. The number of hydrogen-bond acceptors (Lipinski definition) is 4. The van der Waals surface area contributed by atoms with Crippen LogP contribution in [0.15, 0.2) is 54.6 Å². The summed E-state index contributed by atoms with van der Waals surface area (Å²) in [6.45, 7) is 4.30. The number of hydrogen-bond donors (Lipinski definition) is 1. The van der Waals surface area contributed by atoms with Gasteiger partial charge in [0.15, 0.2) is 0 Å². The van der Waals surface area contributed by atoms with Gasteiger partial charge in [-0.05, 0) is 43.7 Å². The van der Waals surface area contributed by atoms with Gasteiger partial charge in [-0.1, -0.05) is 30.3 Å². The normalized spacial score (nSPS) is 12.3. The van der Waals surface area contributed by atoms with Crippen LogP contribution < -0.4 is 14.4 Å². The van der Waals surface area contributed by atoms with Gasteiger partial charge < -0.3 is 10.1 Å². The van der Waals surface area contributed by atoms with Crippen molar-refractivity contribution in [2.24, 2.45) is 0 Å². The maximum atomic E-state index is 12.5. The molecular weight excluding hydrogens is 352 g/mol. The average Bonchev–Trinajstić information content (AvgIpc) is 2.61. The predicted octanol–water partition coefficient (Wildman–Crippen LogP) is 2.56. The van der Waals surface area contributed by atoms with Crippen LogP contribution in [0.2, 0.25) is 0 Å². The smallest absolute Gasteiger partial charge is 0.243 e. The number of benzene rings is 2. The Bertz CT molecular complexity index is 820. The molecule has 0 radical (unpaired) electrons. The molecule has 1 unspecified atom stereocenters. The minimum absolute atomic E-state index is 0.338. The minimum atomic E-state index is -3.64. The number of carbonyl (C=O) groups excluding carboxylic acids is 1. The van der Waals surface area contributed by atoms with Crippen molar-refractivity contribution in [3.05, 3.63) is 60.2 Å². The van der Waals surface area contributed by atoms with E-state index in [1.54, 1.807) is 31.2 Å². The van der Waals surface area contributed by atoms with Crippen LogP contribution in [0.3, 0.4) is 0 Å². The van der Waals surface area contributed by atoms with E-state index in [0.29, 0.717) is 24.6 Å². The molecule has 0 saturated carbocycles. The van der Waals surface area contributed by atoms with Crippen molar-refractivity contribution in [3.63, 3.8) is 0 Å². The molecule has 0 saturated heterocycles. The van der Waals surface area contributed by atoms with Gasteiger partial charge in [0.25, 0.3) is 0 Å². The first-order valence-corrected chi connectivity index (χ1v) is 10.2. The quantitative estimate of drug-likeness (QED) is 0.768. The van der Waals surface area contributed by atoms with Crippen molar-refractivity contribution >= 4 is 21.6 Å². The van der Waals surface area contributed by atoms with Gasteiger partial charge in [-0.2, -0.15) is 0 Å². The number of rotatable bonds is 8. The summed E-state index contributed by atoms with van der Waals surface area (Å²) in [5, 5.41) is 2.78. The van der Waals surface area contributed by atoms with Crippen molar-refractivity contribution in [2.75, 3.05) is 17.2 Å². The number of sulfonamides is 1. The third-order valence-corrected chi connectivity index (χ3v) is 5.04. The van der Waals surface area contributed by atoms with Gasteiger partial charge in [-0.25, -0.2) is 8.42 Å². The number of carbonyl (C=O) groups is 1. The Morgan fingerprint density at radius 3 is 2.27 bits per heavy atom. The molecule has 0 spiro atoms. The SMILES string of the molecule is CCOc1ccc(N(C(C)C(=O)NCc2ccccc2)S(C)(=O)=O)cc1. The summed E-state index contributed by atoms with van der Waals surface area (Å²) in [6, 6.07) is 15.2. The number of nitrogens with zero attached hydrogens (tertiary/aromatic N) is 1. The Morgan fingerprint density at radius 2 is 1.73 bits per heavy atom. The lowest BCUT2D eigenvalue weighted by molar-refractivity contribution is -0.122. The largest absolute Gasteiger partial charge is 0.494 e. The molecule has 2 rings (SSSR count). The highest BCUT2D eigenvalue weighted by Crippen LogP contribution is 2.24. The molecule has 0 fully saturated rings. The highest BCUT2D eigenvalue weighted by Gasteiger charge is 2.28. The van der Waals surface area contributed by atoms with Gasteiger partial charge in [0.05, 0.1) is 18.6 Å². The van der Waals surface area contributed by atoms with E-state index in [1.165, 1.54) is 0 Å². The Labute approximate surface area is 154 Å². The van der Waals surface area contributed by atoms with Crippen LogP contribution in [-0.2, 0) is 21.4 Å². The lowest BCUT2D eigenvalue weighted by atomic mass is 10.2. The fraction of sp³-hybridized carbons (Fsp3) is 0.316. The second kappa shape index (κ2) is 8.71. The highest BCUT2D eigenvalue weighted by atomic mass is 32.2. The molecule has 6 nitrogen and oxygen atoms in total. The van der Waals surface area contributed by atoms with Crippen molar-refractivity contribution in [1.82, 2.24) is 5.32 Å². The summed E-state index contributed by atoms with van der Waals surface area (Å²) in [6.07, 6.45) is 1.09. The summed E-state index contributed by atoms with van der Waals surface area (Å²) in [4.78, 5) is 12.5. The molecule has 0 bridgehead atoms. The molecule has 2 aromatic rings. The fourth-order valence-electron chi connectivity index (χ4n) is 2.60. The molecule has 140 valence electrons. The lowest BCUT2D eigenvalue weighted by Crippen LogP contribution is -2.47. The van der Waals surface area contributed by atoms with Gasteiger partial charge in [-0.3, -0.25) is 9.10 Å². The van der Waals surface area contributed by atoms with Gasteiger partial charge in [-0.15, -0.1) is 0 Å². The van der Waals surface area contributed by atoms with Crippen LogP contribution in [0.1, 0.15) is 19.4 Å². The van der Waals surface area contributed by atoms with Crippen LogP contribution >= 0.6 is 0 Å². The first-order valence-electron chi connectivity index (χ1n) is 8.37. The van der Waals surface area contributed by atoms with E-state index in [9.17, 15) is 13.2 Å². The third-order valence-electron chi connectivity index (χ3n) is 3.80. The molecule has 0 heterocycles. The fourth-order valence-corrected chi connectivity index (χ4v) is 3.77. The van der Waals surface area contributed by atoms with Gasteiger partial charge in [0.2, 0.25) is 15.9 Å². The molecule has 7 heteroatoms. The van der Waals surface area contributed by atoms with Gasteiger partial charge in [0.1, 0.15) is 11.8 Å². The molecule has 2 aromatic carbocycles. The molecule has 1 atom stereocenters. The predicted molar refractivity (Wildman–Crippen MR) is 103 cm³/mol. The summed E-state index contributed by atoms with van der Waals surface area (Å²) < 4.78 is 31.0. The van der Waals surface area contributed by atoms with E-state index in [0.717, 1.165) is 16.1 Å². The Kier molecular flexibility index (Phi) is 6.63. The van der Waals surface area contributed by atoms with Crippen molar-refractivity contribution in [2.45, 2.75) is 26.4 Å². The van der Waals surface area contributed by atoms with Crippen LogP contribution in [0.25, 0.3) is 0 Å². The zero-order valence-electron chi connectivity index (χ0n) is 15.2. The first kappa shape index (κ1) is 19.8. The van der Waals surface area contributed by atoms with E-state index >= 15 is 0 Å². The lowest BCUT2D eigenvalue weighted by Gasteiger charge is -2.28. The second-order valence-electron chi connectivity index (χ2n) is 5.87. The Hall–Kier alpha value is -2.54. The summed E-state index contributed by atoms with van der Waals surface area (Å²) in [7, 11) is -3.64.